The molecule has 1 saturated carbocycles. The summed E-state index contributed by atoms with van der Waals surface area (Å²) in [6.45, 7) is 0. The van der Waals surface area contributed by atoms with Gasteiger partial charge in [-0.05, 0) is 12.8 Å². The first kappa shape index (κ1) is 15.5. The zero-order chi connectivity index (χ0) is 14.0. The van der Waals surface area contributed by atoms with E-state index in [-0.39, 0.29) is 25.0 Å². The highest BCUT2D eigenvalue weighted by Crippen LogP contribution is 2.42. The highest BCUT2D eigenvalue weighted by molar-refractivity contribution is 7.90. The van der Waals surface area contributed by atoms with Gasteiger partial charge in [0.05, 0.1) is 11.7 Å². The highest BCUT2D eigenvalue weighted by atomic mass is 32.2. The molecule has 0 saturated heterocycles. The van der Waals surface area contributed by atoms with E-state index in [1.807, 2.05) is 0 Å². The number of rotatable bonds is 4. The maximum atomic E-state index is 12.8. The summed E-state index contributed by atoms with van der Waals surface area (Å²) in [5.41, 5.74) is 0. The third-order valence-corrected chi connectivity index (χ3v) is 4.26. The van der Waals surface area contributed by atoms with E-state index in [1.54, 1.807) is 0 Å². The molecule has 0 heterocycles. The Kier molecular flexibility index (Phi) is 4.80. The van der Waals surface area contributed by atoms with E-state index in [4.69, 9.17) is 0 Å². The van der Waals surface area contributed by atoms with Gasteiger partial charge in [0.15, 0.2) is 0 Å². The summed E-state index contributed by atoms with van der Waals surface area (Å²) in [6, 6.07) is 0. The Morgan fingerprint density at radius 1 is 1.22 bits per heavy atom. The molecule has 106 valence electrons. The normalized spacial score (nSPS) is 26.0. The van der Waals surface area contributed by atoms with E-state index in [9.17, 15) is 26.4 Å². The topological polar surface area (TPSA) is 51.2 Å². The number of halogens is 3. The van der Waals surface area contributed by atoms with Crippen molar-refractivity contribution in [2.24, 2.45) is 11.8 Å². The molecule has 1 rings (SSSR count). The summed E-state index contributed by atoms with van der Waals surface area (Å²) in [4.78, 5) is 11.7. The lowest BCUT2D eigenvalue weighted by Crippen LogP contribution is -2.37. The Balaban J connectivity index is 2.69. The molecule has 0 spiro atoms. The van der Waals surface area contributed by atoms with Gasteiger partial charge in [-0.1, -0.05) is 12.8 Å². The Morgan fingerprint density at radius 3 is 2.28 bits per heavy atom. The Morgan fingerprint density at radius 2 is 1.78 bits per heavy atom. The lowest BCUT2D eigenvalue weighted by atomic mass is 9.76. The summed E-state index contributed by atoms with van der Waals surface area (Å²) in [5.74, 6) is -3.59. The van der Waals surface area contributed by atoms with Crippen LogP contribution in [0.3, 0.4) is 0 Å². The van der Waals surface area contributed by atoms with Crippen LogP contribution < -0.4 is 0 Å². The Labute approximate surface area is 105 Å². The fourth-order valence-electron chi connectivity index (χ4n) is 2.38. The molecule has 0 N–H and O–H groups in total. The summed E-state index contributed by atoms with van der Waals surface area (Å²) in [6.07, 6.45) is -2.45. The van der Waals surface area contributed by atoms with Crippen molar-refractivity contribution >= 4 is 15.6 Å². The minimum atomic E-state index is -4.37. The number of Topliss-reactive ketones (excluding diaryl/α,β-unsaturated/α-hetero) is 1. The molecular weight excluding hydrogens is 269 g/mol. The molecule has 0 bridgehead atoms. The van der Waals surface area contributed by atoms with Crippen LogP contribution in [0.2, 0.25) is 0 Å². The number of carbonyl (C=O) groups excluding carboxylic acids is 1. The average molecular weight is 286 g/mol. The fraction of sp³-hybridized carbons (Fsp3) is 0.909. The van der Waals surface area contributed by atoms with Crippen LogP contribution in [0.4, 0.5) is 13.2 Å². The molecule has 0 radical (unpaired) electrons. The number of alkyl halides is 3. The second-order valence-electron chi connectivity index (χ2n) is 4.89. The Hall–Kier alpha value is -0.590. The van der Waals surface area contributed by atoms with Gasteiger partial charge in [-0.15, -0.1) is 0 Å². The molecule has 3 nitrogen and oxygen atoms in total. The van der Waals surface area contributed by atoms with E-state index < -0.39 is 33.6 Å². The maximum Gasteiger partial charge on any atom is 0.392 e. The molecule has 0 aromatic heterocycles. The molecule has 7 heteroatoms. The predicted octanol–water partition coefficient (Wildman–Crippen LogP) is 2.36. The van der Waals surface area contributed by atoms with Gasteiger partial charge in [0.1, 0.15) is 15.6 Å². The van der Waals surface area contributed by atoms with Crippen molar-refractivity contribution in [3.05, 3.63) is 0 Å². The summed E-state index contributed by atoms with van der Waals surface area (Å²) >= 11 is 0. The number of hydrogen-bond acceptors (Lipinski definition) is 3. The number of carbonyl (C=O) groups is 1. The predicted molar refractivity (Wildman–Crippen MR) is 60.8 cm³/mol. The van der Waals surface area contributed by atoms with E-state index in [1.165, 1.54) is 0 Å². The molecular formula is C11H17F3O3S. The zero-order valence-electron chi connectivity index (χ0n) is 10.2. The van der Waals surface area contributed by atoms with Crippen molar-refractivity contribution in [3.8, 4) is 0 Å². The first-order valence-electron chi connectivity index (χ1n) is 5.88. The lowest BCUT2D eigenvalue weighted by molar-refractivity contribution is -0.197. The van der Waals surface area contributed by atoms with Gasteiger partial charge < -0.3 is 0 Å². The van der Waals surface area contributed by atoms with Crippen LogP contribution >= 0.6 is 0 Å². The number of hydrogen-bond donors (Lipinski definition) is 0. The summed E-state index contributed by atoms with van der Waals surface area (Å²) in [7, 11) is -3.31. The first-order valence-corrected chi connectivity index (χ1v) is 7.94. The molecule has 0 amide bonds. The zero-order valence-corrected chi connectivity index (χ0v) is 11.0. The van der Waals surface area contributed by atoms with Crippen molar-refractivity contribution in [1.82, 2.24) is 0 Å². The highest BCUT2D eigenvalue weighted by Gasteiger charge is 2.47. The van der Waals surface area contributed by atoms with Crippen LogP contribution in [0.25, 0.3) is 0 Å². The molecule has 18 heavy (non-hydrogen) atoms. The molecule has 0 aromatic carbocycles. The second-order valence-corrected chi connectivity index (χ2v) is 7.14. The average Bonchev–Trinajstić information content (AvgIpc) is 2.24. The molecule has 1 aliphatic rings. The summed E-state index contributed by atoms with van der Waals surface area (Å²) in [5, 5.41) is 0. The van der Waals surface area contributed by atoms with Gasteiger partial charge in [-0.25, -0.2) is 8.42 Å². The number of ketones is 1. The van der Waals surface area contributed by atoms with Gasteiger partial charge in [0, 0.05) is 18.6 Å². The third kappa shape index (κ3) is 4.59. The van der Waals surface area contributed by atoms with Crippen molar-refractivity contribution in [1.29, 1.82) is 0 Å². The SMILES string of the molecule is CS(=O)(=O)CCC(=O)C1CCCCC1C(F)(F)F. The van der Waals surface area contributed by atoms with Crippen LogP contribution in [-0.2, 0) is 14.6 Å². The molecule has 0 aliphatic heterocycles. The van der Waals surface area contributed by atoms with Crippen LogP contribution in [0.5, 0.6) is 0 Å². The largest absolute Gasteiger partial charge is 0.392 e. The van der Waals surface area contributed by atoms with Crippen LogP contribution in [-0.4, -0.2) is 32.4 Å². The fourth-order valence-corrected chi connectivity index (χ4v) is 2.95. The third-order valence-electron chi connectivity index (χ3n) is 3.32. The van der Waals surface area contributed by atoms with E-state index in [0.29, 0.717) is 12.8 Å². The van der Waals surface area contributed by atoms with Crippen molar-refractivity contribution in [2.45, 2.75) is 38.3 Å². The maximum absolute atomic E-state index is 12.8. The standard InChI is InChI=1S/C11H17F3O3S/c1-18(16,17)7-6-10(15)8-4-2-3-5-9(8)11(12,13)14/h8-9H,2-7H2,1H3. The first-order chi connectivity index (χ1) is 8.11. The second kappa shape index (κ2) is 5.59. The summed E-state index contributed by atoms with van der Waals surface area (Å²) < 4.78 is 60.1. The molecule has 2 atom stereocenters. The van der Waals surface area contributed by atoms with Crippen molar-refractivity contribution in [3.63, 3.8) is 0 Å². The molecule has 1 fully saturated rings. The monoisotopic (exact) mass is 286 g/mol. The molecule has 2 unspecified atom stereocenters. The smallest absolute Gasteiger partial charge is 0.299 e. The van der Waals surface area contributed by atoms with Gasteiger partial charge >= 0.3 is 6.18 Å². The van der Waals surface area contributed by atoms with E-state index in [0.717, 1.165) is 6.26 Å². The molecule has 0 aromatic rings. The minimum Gasteiger partial charge on any atom is -0.299 e. The van der Waals surface area contributed by atoms with Gasteiger partial charge in [-0.3, -0.25) is 4.79 Å². The van der Waals surface area contributed by atoms with E-state index >= 15 is 0 Å². The van der Waals surface area contributed by atoms with Crippen LogP contribution in [0, 0.1) is 11.8 Å². The van der Waals surface area contributed by atoms with Crippen molar-refractivity contribution < 1.29 is 26.4 Å². The molecule has 1 aliphatic carbocycles. The minimum absolute atomic E-state index is 0.0290. The van der Waals surface area contributed by atoms with Crippen LogP contribution in [0.15, 0.2) is 0 Å². The van der Waals surface area contributed by atoms with E-state index in [2.05, 4.69) is 0 Å². The Bertz CT molecular complexity index is 400. The quantitative estimate of drug-likeness (QED) is 0.797. The van der Waals surface area contributed by atoms with Gasteiger partial charge in [0.2, 0.25) is 0 Å². The van der Waals surface area contributed by atoms with Crippen LogP contribution in [0.1, 0.15) is 32.1 Å². The van der Waals surface area contributed by atoms with Gasteiger partial charge in [0.25, 0.3) is 0 Å². The lowest BCUT2D eigenvalue weighted by Gasteiger charge is -2.31. The van der Waals surface area contributed by atoms with Crippen molar-refractivity contribution in [2.75, 3.05) is 12.0 Å². The van der Waals surface area contributed by atoms with Gasteiger partial charge in [-0.2, -0.15) is 13.2 Å². The number of sulfone groups is 1.